The summed E-state index contributed by atoms with van der Waals surface area (Å²) in [4.78, 5) is 21.3. The summed E-state index contributed by atoms with van der Waals surface area (Å²) in [5, 5.41) is 0.696. The minimum Gasteiger partial charge on any atom is -0.385 e. The van der Waals surface area contributed by atoms with Gasteiger partial charge in [0.1, 0.15) is 5.82 Å². The largest absolute Gasteiger partial charge is 0.385 e. The molecular formula is C33H39ClN4O2. The van der Waals surface area contributed by atoms with Gasteiger partial charge in [-0.05, 0) is 67.5 Å². The van der Waals surface area contributed by atoms with Gasteiger partial charge in [-0.1, -0.05) is 66.2 Å². The number of carbonyl (C=O) groups excluding carboxylic acids is 1. The number of hydrogen-bond acceptors (Lipinski definition) is 4. The van der Waals surface area contributed by atoms with Gasteiger partial charge in [0.2, 0.25) is 5.91 Å². The van der Waals surface area contributed by atoms with E-state index in [9.17, 15) is 4.79 Å². The van der Waals surface area contributed by atoms with Crippen LogP contribution in [-0.2, 0) is 28.9 Å². The van der Waals surface area contributed by atoms with E-state index in [4.69, 9.17) is 27.1 Å². The highest BCUT2D eigenvalue weighted by Gasteiger charge is 2.34. The van der Waals surface area contributed by atoms with Gasteiger partial charge < -0.3 is 19.9 Å². The smallest absolute Gasteiger partial charge is 0.227 e. The van der Waals surface area contributed by atoms with Gasteiger partial charge in [0, 0.05) is 50.3 Å². The number of methoxy groups -OCH3 is 1. The van der Waals surface area contributed by atoms with Crippen molar-refractivity contribution < 1.29 is 9.53 Å². The van der Waals surface area contributed by atoms with Gasteiger partial charge in [0.05, 0.1) is 17.0 Å². The molecule has 0 saturated carbocycles. The van der Waals surface area contributed by atoms with Gasteiger partial charge >= 0.3 is 0 Å². The molecule has 2 heterocycles. The number of hydrogen-bond donors (Lipinski definition) is 1. The molecule has 1 aromatic heterocycles. The molecule has 2 N–H and O–H groups in total. The van der Waals surface area contributed by atoms with Crippen molar-refractivity contribution in [3.05, 3.63) is 101 Å². The molecular weight excluding hydrogens is 520 g/mol. The van der Waals surface area contributed by atoms with Crippen LogP contribution in [0.1, 0.15) is 42.1 Å². The third-order valence-corrected chi connectivity index (χ3v) is 8.28. The maximum absolute atomic E-state index is 14.2. The number of benzene rings is 3. The number of piperidine rings is 1. The topological polar surface area (TPSA) is 73.4 Å². The Morgan fingerprint density at radius 1 is 1.02 bits per heavy atom. The molecule has 0 aliphatic carbocycles. The van der Waals surface area contributed by atoms with E-state index in [-0.39, 0.29) is 23.8 Å². The van der Waals surface area contributed by atoms with E-state index in [0.717, 1.165) is 60.3 Å². The number of nitrogens with two attached hydrogens (primary N) is 1. The Hall–Kier alpha value is -3.19. The molecule has 0 radical (unpaired) electrons. The number of halogens is 1. The first-order valence-electron chi connectivity index (χ1n) is 14.3. The summed E-state index contributed by atoms with van der Waals surface area (Å²) in [5.74, 6) is 1.06. The van der Waals surface area contributed by atoms with Crippen LogP contribution in [0, 0.1) is 5.92 Å². The molecule has 210 valence electrons. The van der Waals surface area contributed by atoms with Crippen molar-refractivity contribution in [2.45, 2.75) is 50.6 Å². The van der Waals surface area contributed by atoms with Crippen LogP contribution in [0.2, 0.25) is 5.02 Å². The zero-order valence-corrected chi connectivity index (χ0v) is 24.0. The minimum atomic E-state index is -0.322. The van der Waals surface area contributed by atoms with Crippen LogP contribution in [0.15, 0.2) is 78.9 Å². The Morgan fingerprint density at radius 3 is 2.52 bits per heavy atom. The average molecular weight is 559 g/mol. The summed E-state index contributed by atoms with van der Waals surface area (Å²) in [6.07, 6.45) is 4.11. The summed E-state index contributed by atoms with van der Waals surface area (Å²) in [7, 11) is 1.74. The number of aromatic nitrogens is 2. The van der Waals surface area contributed by atoms with E-state index in [0.29, 0.717) is 31.0 Å². The lowest BCUT2D eigenvalue weighted by Crippen LogP contribution is -2.49. The first kappa shape index (κ1) is 28.3. The summed E-state index contributed by atoms with van der Waals surface area (Å²) in [5.41, 5.74) is 11.2. The Kier molecular flexibility index (Phi) is 9.53. The number of rotatable bonds is 11. The third kappa shape index (κ3) is 6.74. The summed E-state index contributed by atoms with van der Waals surface area (Å²) >= 11 is 6.10. The van der Waals surface area contributed by atoms with Gasteiger partial charge in [0.15, 0.2) is 0 Å². The summed E-state index contributed by atoms with van der Waals surface area (Å²) in [6, 6.07) is 26.0. The van der Waals surface area contributed by atoms with Crippen LogP contribution in [0.5, 0.6) is 0 Å². The van der Waals surface area contributed by atoms with Crippen molar-refractivity contribution >= 4 is 28.5 Å². The lowest BCUT2D eigenvalue weighted by atomic mass is 9.86. The second-order valence-corrected chi connectivity index (χ2v) is 11.3. The van der Waals surface area contributed by atoms with Gasteiger partial charge in [0.25, 0.3) is 0 Å². The molecule has 5 rings (SSSR count). The number of amides is 1. The number of carbonyl (C=O) groups is 1. The zero-order valence-electron chi connectivity index (χ0n) is 23.2. The number of para-hydroxylation sites is 2. The quantitative estimate of drug-likeness (QED) is 0.234. The Bertz CT molecular complexity index is 1390. The van der Waals surface area contributed by atoms with Crippen LogP contribution >= 0.6 is 11.6 Å². The Labute approximate surface area is 242 Å². The van der Waals surface area contributed by atoms with Crippen LogP contribution in [0.25, 0.3) is 11.0 Å². The standard InChI is InChI=1S/C33H39ClN4O2/c1-40-20-8-19-38-31-13-6-5-12-30(31)36-32(38)26-11-7-18-37(23-26)33(39)28(21-24-9-3-2-4-10-24)29(35)22-25-14-16-27(34)17-15-25/h2-6,9-10,12-17,26,28-29H,7-8,11,18-23,35H2,1H3/t26-,28?,29-/m1/s1. The fourth-order valence-electron chi connectivity index (χ4n) is 5.96. The van der Waals surface area contributed by atoms with E-state index in [1.165, 1.54) is 0 Å². The molecule has 6 nitrogen and oxygen atoms in total. The lowest BCUT2D eigenvalue weighted by molar-refractivity contribution is -0.137. The summed E-state index contributed by atoms with van der Waals surface area (Å²) in [6.45, 7) is 2.95. The first-order valence-corrected chi connectivity index (χ1v) is 14.7. The van der Waals surface area contributed by atoms with Gasteiger partial charge in [-0.15, -0.1) is 0 Å². The fourth-order valence-corrected chi connectivity index (χ4v) is 6.08. The minimum absolute atomic E-state index is 0.136. The van der Waals surface area contributed by atoms with E-state index in [1.807, 2.05) is 53.4 Å². The van der Waals surface area contributed by atoms with Gasteiger partial charge in [-0.25, -0.2) is 4.98 Å². The van der Waals surface area contributed by atoms with Crippen molar-refractivity contribution in [1.29, 1.82) is 0 Å². The predicted molar refractivity (Wildman–Crippen MR) is 162 cm³/mol. The highest BCUT2D eigenvalue weighted by atomic mass is 35.5. The predicted octanol–water partition coefficient (Wildman–Crippen LogP) is 5.86. The second kappa shape index (κ2) is 13.4. The number of nitrogens with zero attached hydrogens (tertiary/aromatic N) is 3. The number of fused-ring (bicyclic) bond motifs is 1. The highest BCUT2D eigenvalue weighted by Crippen LogP contribution is 2.31. The molecule has 1 amide bonds. The monoisotopic (exact) mass is 558 g/mol. The van der Waals surface area contributed by atoms with Crippen molar-refractivity contribution in [2.24, 2.45) is 11.7 Å². The van der Waals surface area contributed by atoms with Crippen LogP contribution in [0.3, 0.4) is 0 Å². The fraction of sp³-hybridized carbons (Fsp3) is 0.394. The molecule has 4 aromatic rings. The maximum atomic E-state index is 14.2. The van der Waals surface area contributed by atoms with E-state index >= 15 is 0 Å². The molecule has 0 bridgehead atoms. The maximum Gasteiger partial charge on any atom is 0.227 e. The molecule has 0 spiro atoms. The molecule has 3 aromatic carbocycles. The van der Waals surface area contributed by atoms with E-state index in [2.05, 4.69) is 34.9 Å². The number of aryl methyl sites for hydroxylation is 1. The second-order valence-electron chi connectivity index (χ2n) is 10.9. The normalized spacial score (nSPS) is 17.2. The van der Waals surface area contributed by atoms with Crippen molar-refractivity contribution in [1.82, 2.24) is 14.5 Å². The van der Waals surface area contributed by atoms with Crippen molar-refractivity contribution in [3.8, 4) is 0 Å². The number of ether oxygens (including phenoxy) is 1. The molecule has 1 aliphatic heterocycles. The molecule has 1 aliphatic rings. The Morgan fingerprint density at radius 2 is 1.75 bits per heavy atom. The third-order valence-electron chi connectivity index (χ3n) is 8.03. The highest BCUT2D eigenvalue weighted by molar-refractivity contribution is 6.30. The van der Waals surface area contributed by atoms with Crippen LogP contribution in [-0.4, -0.2) is 53.2 Å². The van der Waals surface area contributed by atoms with Crippen molar-refractivity contribution in [3.63, 3.8) is 0 Å². The number of imidazole rings is 1. The lowest BCUT2D eigenvalue weighted by Gasteiger charge is -2.36. The molecule has 1 saturated heterocycles. The number of likely N-dealkylation sites (tertiary alicyclic amines) is 1. The molecule has 1 unspecified atom stereocenters. The Balaban J connectivity index is 1.38. The molecule has 7 heteroatoms. The van der Waals surface area contributed by atoms with Crippen LogP contribution < -0.4 is 5.73 Å². The van der Waals surface area contributed by atoms with E-state index in [1.54, 1.807) is 7.11 Å². The van der Waals surface area contributed by atoms with E-state index < -0.39 is 0 Å². The average Bonchev–Trinajstić information content (AvgIpc) is 3.36. The SMILES string of the molecule is COCCCn1c([C@@H]2CCCN(C(=O)C(Cc3ccccc3)[C@H](N)Cc3ccc(Cl)cc3)C2)nc2ccccc21. The molecule has 1 fully saturated rings. The zero-order chi connectivity index (χ0) is 27.9. The van der Waals surface area contributed by atoms with Gasteiger partial charge in [-0.2, -0.15) is 0 Å². The van der Waals surface area contributed by atoms with Crippen molar-refractivity contribution in [2.75, 3.05) is 26.8 Å². The first-order chi connectivity index (χ1) is 19.5. The molecule has 3 atom stereocenters. The molecule has 40 heavy (non-hydrogen) atoms. The van der Waals surface area contributed by atoms with Crippen LogP contribution in [0.4, 0.5) is 0 Å². The van der Waals surface area contributed by atoms with Gasteiger partial charge in [-0.3, -0.25) is 4.79 Å². The summed E-state index contributed by atoms with van der Waals surface area (Å²) < 4.78 is 7.66.